The maximum atomic E-state index is 5.22. The van der Waals surface area contributed by atoms with Crippen molar-refractivity contribution in [3.05, 3.63) is 35.4 Å². The van der Waals surface area contributed by atoms with Gasteiger partial charge >= 0.3 is 0 Å². The fourth-order valence-corrected chi connectivity index (χ4v) is 2.94. The number of nitrogens with one attached hydrogen (secondary N) is 1. The molecule has 1 fully saturated rings. The van der Waals surface area contributed by atoms with E-state index in [9.17, 15) is 0 Å². The number of benzene rings is 1. The van der Waals surface area contributed by atoms with Crippen molar-refractivity contribution in [3.63, 3.8) is 0 Å². The van der Waals surface area contributed by atoms with Crippen molar-refractivity contribution in [1.29, 1.82) is 0 Å². The molecule has 5 nitrogen and oxygen atoms in total. The number of aliphatic imine (C=N–C) groups is 1. The molecule has 0 saturated heterocycles. The number of methoxy groups -OCH3 is 1. The first-order valence-corrected chi connectivity index (χ1v) is 8.85. The lowest BCUT2D eigenvalue weighted by molar-refractivity contribution is 0.144. The predicted octanol–water partition coefficient (Wildman–Crippen LogP) is 2.73. The van der Waals surface area contributed by atoms with Gasteiger partial charge in [-0.15, -0.1) is 24.0 Å². The molecule has 0 amide bonds. The fraction of sp³-hybridized carbons (Fsp3) is 0.632. The van der Waals surface area contributed by atoms with Gasteiger partial charge in [-0.1, -0.05) is 24.3 Å². The Hall–Kier alpha value is -0.860. The second kappa shape index (κ2) is 11.7. The van der Waals surface area contributed by atoms with Gasteiger partial charge in [0.2, 0.25) is 0 Å². The molecule has 0 aliphatic heterocycles. The van der Waals surface area contributed by atoms with Gasteiger partial charge in [0.25, 0.3) is 0 Å². The Morgan fingerprint density at radius 1 is 1.28 bits per heavy atom. The molecule has 1 aliphatic carbocycles. The van der Waals surface area contributed by atoms with E-state index in [0.29, 0.717) is 0 Å². The summed E-state index contributed by atoms with van der Waals surface area (Å²) in [4.78, 5) is 9.12. The van der Waals surface area contributed by atoms with Crippen LogP contribution in [0.3, 0.4) is 0 Å². The lowest BCUT2D eigenvalue weighted by Crippen LogP contribution is -2.43. The van der Waals surface area contributed by atoms with Gasteiger partial charge in [0.1, 0.15) is 0 Å². The van der Waals surface area contributed by atoms with Crippen LogP contribution in [0.4, 0.5) is 0 Å². The third-order valence-corrected chi connectivity index (χ3v) is 4.57. The van der Waals surface area contributed by atoms with Crippen LogP contribution in [0.1, 0.15) is 24.0 Å². The number of hydrogen-bond donors (Lipinski definition) is 1. The lowest BCUT2D eigenvalue weighted by atomic mass is 10.1. The molecule has 142 valence electrons. The van der Waals surface area contributed by atoms with Gasteiger partial charge in [-0.05, 0) is 30.9 Å². The van der Waals surface area contributed by atoms with Gasteiger partial charge in [0.15, 0.2) is 5.96 Å². The maximum Gasteiger partial charge on any atom is 0.193 e. The second-order valence-electron chi connectivity index (χ2n) is 6.52. The first-order chi connectivity index (χ1) is 11.7. The van der Waals surface area contributed by atoms with Crippen LogP contribution < -0.4 is 5.32 Å². The van der Waals surface area contributed by atoms with E-state index >= 15 is 0 Å². The summed E-state index contributed by atoms with van der Waals surface area (Å²) in [6.07, 6.45) is 2.65. The molecule has 0 bridgehead atoms. The van der Waals surface area contributed by atoms with Crippen molar-refractivity contribution in [2.24, 2.45) is 4.99 Å². The highest BCUT2D eigenvalue weighted by Crippen LogP contribution is 2.25. The van der Waals surface area contributed by atoms with Crippen LogP contribution in [0.25, 0.3) is 0 Å². The number of ether oxygens (including phenoxy) is 1. The van der Waals surface area contributed by atoms with Gasteiger partial charge in [0.05, 0.1) is 6.61 Å². The van der Waals surface area contributed by atoms with Gasteiger partial charge in [-0.25, -0.2) is 0 Å². The average Bonchev–Trinajstić information content (AvgIpc) is 3.41. The number of halogens is 1. The van der Waals surface area contributed by atoms with Crippen molar-refractivity contribution in [2.75, 3.05) is 47.4 Å². The summed E-state index contributed by atoms with van der Waals surface area (Å²) in [6.45, 7) is 6.78. The zero-order valence-electron chi connectivity index (χ0n) is 16.0. The molecule has 2 rings (SSSR count). The number of nitrogens with zero attached hydrogens (tertiary/aromatic N) is 3. The first-order valence-electron chi connectivity index (χ1n) is 8.85. The van der Waals surface area contributed by atoms with E-state index in [1.165, 1.54) is 24.0 Å². The molecule has 0 aromatic heterocycles. The van der Waals surface area contributed by atoms with E-state index in [2.05, 4.69) is 58.3 Å². The van der Waals surface area contributed by atoms with Gasteiger partial charge in [-0.2, -0.15) is 0 Å². The molecule has 6 heteroatoms. The number of aryl methyl sites for hydroxylation is 1. The smallest absolute Gasteiger partial charge is 0.193 e. The molecule has 0 spiro atoms. The van der Waals surface area contributed by atoms with Crippen molar-refractivity contribution in [2.45, 2.75) is 32.4 Å². The maximum absolute atomic E-state index is 5.22. The van der Waals surface area contributed by atoms with Gasteiger partial charge in [0, 0.05) is 53.4 Å². The molecule has 25 heavy (non-hydrogen) atoms. The highest BCUT2D eigenvalue weighted by molar-refractivity contribution is 14.0. The fourth-order valence-electron chi connectivity index (χ4n) is 2.94. The Morgan fingerprint density at radius 3 is 2.60 bits per heavy atom. The van der Waals surface area contributed by atoms with Crippen LogP contribution in [-0.2, 0) is 11.3 Å². The molecular weight excluding hydrogens is 427 g/mol. The Labute approximate surface area is 169 Å². The standard InChI is InChI=1S/C19H32N4O.HI/c1-16-7-5-6-8-17(16)15-22(3)19(20-2)21-11-12-23(13-14-24-4)18-9-10-18;/h5-8,18H,9-15H2,1-4H3,(H,20,21);1H. The van der Waals surface area contributed by atoms with Crippen molar-refractivity contribution in [3.8, 4) is 0 Å². The van der Waals surface area contributed by atoms with Crippen LogP contribution >= 0.6 is 24.0 Å². The molecule has 1 aliphatic rings. The summed E-state index contributed by atoms with van der Waals surface area (Å²) in [6, 6.07) is 9.27. The molecule has 1 N–H and O–H groups in total. The largest absolute Gasteiger partial charge is 0.383 e. The summed E-state index contributed by atoms with van der Waals surface area (Å²) in [5.74, 6) is 0.945. The third-order valence-electron chi connectivity index (χ3n) is 4.57. The highest BCUT2D eigenvalue weighted by Gasteiger charge is 2.28. The van der Waals surface area contributed by atoms with Gasteiger partial charge < -0.3 is 15.0 Å². The molecule has 1 aromatic carbocycles. The van der Waals surface area contributed by atoms with Crippen LogP contribution in [-0.4, -0.2) is 69.2 Å². The summed E-state index contributed by atoms with van der Waals surface area (Å²) < 4.78 is 5.22. The Balaban J connectivity index is 0.00000312. The summed E-state index contributed by atoms with van der Waals surface area (Å²) in [7, 11) is 5.71. The number of rotatable bonds is 9. The predicted molar refractivity (Wildman–Crippen MR) is 116 cm³/mol. The van der Waals surface area contributed by atoms with Crippen LogP contribution in [0, 0.1) is 6.92 Å². The van der Waals surface area contributed by atoms with E-state index in [4.69, 9.17) is 4.74 Å². The van der Waals surface area contributed by atoms with E-state index in [1.54, 1.807) is 7.11 Å². The molecule has 1 aromatic rings. The van der Waals surface area contributed by atoms with Crippen molar-refractivity contribution in [1.82, 2.24) is 15.1 Å². The normalized spacial score (nSPS) is 14.4. The summed E-state index contributed by atoms with van der Waals surface area (Å²) >= 11 is 0. The minimum absolute atomic E-state index is 0. The SMILES string of the molecule is CN=C(NCCN(CCOC)C1CC1)N(C)Cc1ccccc1C.I. The summed E-state index contributed by atoms with van der Waals surface area (Å²) in [5.41, 5.74) is 2.65. The van der Waals surface area contributed by atoms with Crippen LogP contribution in [0.2, 0.25) is 0 Å². The minimum atomic E-state index is 0. The van der Waals surface area contributed by atoms with E-state index < -0.39 is 0 Å². The highest BCUT2D eigenvalue weighted by atomic mass is 127. The number of guanidine groups is 1. The quantitative estimate of drug-likeness (QED) is 0.350. The Kier molecular flexibility index (Phi) is 10.4. The average molecular weight is 460 g/mol. The van der Waals surface area contributed by atoms with E-state index in [1.807, 2.05) is 7.05 Å². The van der Waals surface area contributed by atoms with E-state index in [-0.39, 0.29) is 24.0 Å². The molecule has 0 radical (unpaired) electrons. The molecule has 1 saturated carbocycles. The monoisotopic (exact) mass is 460 g/mol. The molecular formula is C19H33IN4O. The summed E-state index contributed by atoms with van der Waals surface area (Å²) in [5, 5.41) is 3.49. The van der Waals surface area contributed by atoms with E-state index in [0.717, 1.165) is 44.8 Å². The lowest BCUT2D eigenvalue weighted by Gasteiger charge is -2.25. The van der Waals surface area contributed by atoms with Gasteiger partial charge in [-0.3, -0.25) is 9.89 Å². The molecule has 0 heterocycles. The van der Waals surface area contributed by atoms with Crippen LogP contribution in [0.5, 0.6) is 0 Å². The van der Waals surface area contributed by atoms with Crippen molar-refractivity contribution < 1.29 is 4.74 Å². The van der Waals surface area contributed by atoms with Crippen LogP contribution in [0.15, 0.2) is 29.3 Å². The minimum Gasteiger partial charge on any atom is -0.383 e. The second-order valence-corrected chi connectivity index (χ2v) is 6.52. The zero-order chi connectivity index (χ0) is 17.4. The topological polar surface area (TPSA) is 40.1 Å². The zero-order valence-corrected chi connectivity index (χ0v) is 18.3. The third kappa shape index (κ3) is 7.50. The Morgan fingerprint density at radius 2 is 2.00 bits per heavy atom. The molecule has 0 unspecified atom stereocenters. The van der Waals surface area contributed by atoms with Crippen molar-refractivity contribution >= 4 is 29.9 Å². The Bertz CT molecular complexity index is 534. The molecule has 0 atom stereocenters. The first kappa shape index (κ1) is 22.2. The number of hydrogen-bond acceptors (Lipinski definition) is 3.